The minimum atomic E-state index is -0.279. The van der Waals surface area contributed by atoms with Crippen LogP contribution in [0, 0.1) is 24.6 Å². The van der Waals surface area contributed by atoms with Crippen molar-refractivity contribution in [2.24, 2.45) is 16.8 Å². The van der Waals surface area contributed by atoms with E-state index in [0.29, 0.717) is 6.54 Å². The number of carbonyl (C=O) groups excluding carboxylic acids is 2. The molecule has 3 aliphatic rings. The second-order valence-electron chi connectivity index (χ2n) is 6.60. The normalized spacial score (nSPS) is 28.8. The van der Waals surface area contributed by atoms with E-state index in [2.05, 4.69) is 16.4 Å². The van der Waals surface area contributed by atoms with E-state index in [1.54, 1.807) is 6.07 Å². The molecule has 0 radical (unpaired) electrons. The highest BCUT2D eigenvalue weighted by molar-refractivity contribution is 6.10. The predicted octanol–water partition coefficient (Wildman–Crippen LogP) is 2.05. The standard InChI is InChI=1S/C18H18FN3O2/c1-10-6-12(19)3-4-13(10)15-5-2-11(8-20-15)14-7-16(14)22-17(23)9-21-18(22)24/h2-6,11,14,16H,7-9H2,1H3,(H,21,24)/t11?,14-,16+/m0/s1. The maximum absolute atomic E-state index is 13.2. The van der Waals surface area contributed by atoms with Gasteiger partial charge in [0.15, 0.2) is 0 Å². The lowest BCUT2D eigenvalue weighted by Gasteiger charge is -2.19. The number of dihydropyridines is 1. The highest BCUT2D eigenvalue weighted by Crippen LogP contribution is 2.44. The first-order chi connectivity index (χ1) is 11.5. The first-order valence-corrected chi connectivity index (χ1v) is 8.13. The number of aliphatic imine (C=N–C) groups is 1. The van der Waals surface area contributed by atoms with Crippen LogP contribution in [0.3, 0.4) is 0 Å². The smallest absolute Gasteiger partial charge is 0.324 e. The van der Waals surface area contributed by atoms with E-state index in [-0.39, 0.29) is 42.2 Å². The third-order valence-electron chi connectivity index (χ3n) is 5.00. The molecule has 2 aliphatic heterocycles. The molecule has 24 heavy (non-hydrogen) atoms. The van der Waals surface area contributed by atoms with Gasteiger partial charge in [-0.05, 0) is 49.1 Å². The van der Waals surface area contributed by atoms with Crippen molar-refractivity contribution in [3.05, 3.63) is 47.3 Å². The van der Waals surface area contributed by atoms with Gasteiger partial charge in [0.25, 0.3) is 0 Å². The number of allylic oxidation sites excluding steroid dienone is 1. The number of amides is 3. The Morgan fingerprint density at radius 3 is 2.79 bits per heavy atom. The van der Waals surface area contributed by atoms with Crippen LogP contribution in [0.15, 0.2) is 35.3 Å². The summed E-state index contributed by atoms with van der Waals surface area (Å²) in [7, 11) is 0. The van der Waals surface area contributed by atoms with Gasteiger partial charge < -0.3 is 5.32 Å². The van der Waals surface area contributed by atoms with E-state index >= 15 is 0 Å². The summed E-state index contributed by atoms with van der Waals surface area (Å²) < 4.78 is 13.2. The molecule has 1 saturated heterocycles. The van der Waals surface area contributed by atoms with E-state index in [1.807, 2.05) is 13.0 Å². The summed E-state index contributed by atoms with van der Waals surface area (Å²) in [6.07, 6.45) is 4.92. The van der Waals surface area contributed by atoms with Crippen molar-refractivity contribution < 1.29 is 14.0 Å². The highest BCUT2D eigenvalue weighted by atomic mass is 19.1. The number of benzene rings is 1. The van der Waals surface area contributed by atoms with Gasteiger partial charge in [-0.3, -0.25) is 14.7 Å². The number of hydrogen-bond donors (Lipinski definition) is 1. The van der Waals surface area contributed by atoms with Crippen LogP contribution in [-0.2, 0) is 4.79 Å². The van der Waals surface area contributed by atoms with Crippen molar-refractivity contribution in [1.82, 2.24) is 10.2 Å². The molecule has 0 bridgehead atoms. The summed E-state index contributed by atoms with van der Waals surface area (Å²) in [4.78, 5) is 29.5. The molecule has 2 heterocycles. The fourth-order valence-corrected chi connectivity index (χ4v) is 3.63. The first kappa shape index (κ1) is 15.1. The Hall–Kier alpha value is -2.50. The number of rotatable bonds is 3. The van der Waals surface area contributed by atoms with Crippen molar-refractivity contribution in [3.8, 4) is 0 Å². The highest BCUT2D eigenvalue weighted by Gasteiger charge is 2.51. The molecule has 1 unspecified atom stereocenters. The topological polar surface area (TPSA) is 61.8 Å². The zero-order valence-electron chi connectivity index (χ0n) is 13.3. The first-order valence-electron chi connectivity index (χ1n) is 8.13. The molecule has 124 valence electrons. The molecule has 1 aliphatic carbocycles. The lowest BCUT2D eigenvalue weighted by molar-refractivity contribution is -0.125. The third-order valence-corrected chi connectivity index (χ3v) is 5.00. The van der Waals surface area contributed by atoms with E-state index in [4.69, 9.17) is 0 Å². The zero-order valence-corrected chi connectivity index (χ0v) is 13.3. The molecule has 0 spiro atoms. The minimum Gasteiger partial charge on any atom is -0.329 e. The summed E-state index contributed by atoms with van der Waals surface area (Å²) in [5.74, 6) is 0.136. The van der Waals surface area contributed by atoms with Crippen molar-refractivity contribution in [2.45, 2.75) is 19.4 Å². The number of nitrogens with zero attached hydrogens (tertiary/aromatic N) is 2. The molecule has 6 heteroatoms. The number of carbonyl (C=O) groups is 2. The fourth-order valence-electron chi connectivity index (χ4n) is 3.63. The molecule has 4 rings (SSSR count). The average Bonchev–Trinajstić information content (AvgIpc) is 3.26. The van der Waals surface area contributed by atoms with Crippen LogP contribution in [0.25, 0.3) is 0 Å². The minimum absolute atomic E-state index is 0.000965. The van der Waals surface area contributed by atoms with E-state index in [1.165, 1.54) is 17.0 Å². The lowest BCUT2D eigenvalue weighted by atomic mass is 9.96. The largest absolute Gasteiger partial charge is 0.329 e. The number of halogens is 1. The maximum atomic E-state index is 13.2. The third kappa shape index (κ3) is 2.52. The summed E-state index contributed by atoms with van der Waals surface area (Å²) in [6, 6.07) is 4.42. The summed E-state index contributed by atoms with van der Waals surface area (Å²) >= 11 is 0. The van der Waals surface area contributed by atoms with E-state index in [9.17, 15) is 14.0 Å². The Labute approximate surface area is 139 Å². The number of aryl methyl sites for hydroxylation is 1. The average molecular weight is 327 g/mol. The maximum Gasteiger partial charge on any atom is 0.324 e. The van der Waals surface area contributed by atoms with Crippen LogP contribution in [0.5, 0.6) is 0 Å². The van der Waals surface area contributed by atoms with Gasteiger partial charge >= 0.3 is 6.03 Å². The van der Waals surface area contributed by atoms with Crippen LogP contribution in [0.4, 0.5) is 9.18 Å². The second-order valence-corrected chi connectivity index (χ2v) is 6.60. The Morgan fingerprint density at radius 1 is 1.33 bits per heavy atom. The fraction of sp³-hybridized carbons (Fsp3) is 0.389. The predicted molar refractivity (Wildman–Crippen MR) is 87.3 cm³/mol. The Kier molecular flexibility index (Phi) is 3.48. The van der Waals surface area contributed by atoms with Gasteiger partial charge in [-0.15, -0.1) is 0 Å². The Bertz CT molecular complexity index is 770. The van der Waals surface area contributed by atoms with Gasteiger partial charge in [-0.2, -0.15) is 0 Å². The molecular formula is C18H18FN3O2. The quantitative estimate of drug-likeness (QED) is 0.864. The molecule has 2 fully saturated rings. The monoisotopic (exact) mass is 327 g/mol. The summed E-state index contributed by atoms with van der Waals surface area (Å²) in [5.41, 5.74) is 2.66. The van der Waals surface area contributed by atoms with Crippen molar-refractivity contribution in [1.29, 1.82) is 0 Å². The molecule has 5 nitrogen and oxygen atoms in total. The SMILES string of the molecule is Cc1cc(F)ccc1C1=NCC([C@@H]2C[C@H]2N2C(=O)CNC2=O)C=C1. The van der Waals surface area contributed by atoms with Crippen molar-refractivity contribution >= 4 is 17.6 Å². The van der Waals surface area contributed by atoms with Crippen LogP contribution in [0.2, 0.25) is 0 Å². The van der Waals surface area contributed by atoms with Crippen molar-refractivity contribution in [3.63, 3.8) is 0 Å². The Balaban J connectivity index is 1.44. The van der Waals surface area contributed by atoms with E-state index < -0.39 is 0 Å². The van der Waals surface area contributed by atoms with Crippen LogP contribution in [-0.4, -0.2) is 41.7 Å². The van der Waals surface area contributed by atoms with Crippen molar-refractivity contribution in [2.75, 3.05) is 13.1 Å². The lowest BCUT2D eigenvalue weighted by Crippen LogP contribution is -2.35. The number of urea groups is 1. The molecule has 1 saturated carbocycles. The van der Waals surface area contributed by atoms with Crippen LogP contribution in [0.1, 0.15) is 17.5 Å². The number of hydrogen-bond acceptors (Lipinski definition) is 3. The second kappa shape index (κ2) is 5.54. The number of nitrogens with one attached hydrogen (secondary N) is 1. The van der Waals surface area contributed by atoms with Gasteiger partial charge in [-0.25, -0.2) is 9.18 Å². The van der Waals surface area contributed by atoms with E-state index in [0.717, 1.165) is 23.3 Å². The van der Waals surface area contributed by atoms with Crippen LogP contribution < -0.4 is 5.32 Å². The van der Waals surface area contributed by atoms with Gasteiger partial charge in [0.1, 0.15) is 5.82 Å². The number of imide groups is 1. The van der Waals surface area contributed by atoms with Crippen LogP contribution >= 0.6 is 0 Å². The summed E-state index contributed by atoms with van der Waals surface area (Å²) in [6.45, 7) is 2.61. The summed E-state index contributed by atoms with van der Waals surface area (Å²) in [5, 5.41) is 2.56. The van der Waals surface area contributed by atoms with Gasteiger partial charge in [0, 0.05) is 24.1 Å². The molecule has 1 N–H and O–H groups in total. The molecule has 1 aromatic rings. The molecule has 0 aromatic heterocycles. The van der Waals surface area contributed by atoms with Gasteiger partial charge in [0.05, 0.1) is 12.3 Å². The van der Waals surface area contributed by atoms with Gasteiger partial charge in [0.2, 0.25) is 5.91 Å². The zero-order chi connectivity index (χ0) is 16.8. The Morgan fingerprint density at radius 2 is 2.17 bits per heavy atom. The molecule has 3 amide bonds. The van der Waals surface area contributed by atoms with Gasteiger partial charge in [-0.1, -0.05) is 6.08 Å². The molecule has 1 aromatic carbocycles. The molecular weight excluding hydrogens is 309 g/mol. The molecule has 3 atom stereocenters.